The number of benzene rings is 2. The van der Waals surface area contributed by atoms with Crippen LogP contribution in [-0.4, -0.2) is 22.5 Å². The van der Waals surface area contributed by atoms with Crippen LogP contribution in [-0.2, 0) is 11.3 Å². The Morgan fingerprint density at radius 1 is 1.14 bits per heavy atom. The molecule has 4 rings (SSSR count). The highest BCUT2D eigenvalue weighted by atomic mass is 35.5. The van der Waals surface area contributed by atoms with Crippen molar-refractivity contribution in [2.75, 3.05) is 9.80 Å². The predicted molar refractivity (Wildman–Crippen MR) is 146 cm³/mol. The van der Waals surface area contributed by atoms with Crippen molar-refractivity contribution < 1.29 is 9.59 Å². The molecule has 0 saturated carbocycles. The normalized spacial score (nSPS) is 14.9. The Hall–Kier alpha value is -3.25. The summed E-state index contributed by atoms with van der Waals surface area (Å²) in [5.41, 5.74) is 3.36. The minimum absolute atomic E-state index is 0.139. The minimum Gasteiger partial charge on any atom is -0.347 e. The molecule has 2 heterocycles. The molecule has 1 aromatic heterocycles. The van der Waals surface area contributed by atoms with E-state index in [1.54, 1.807) is 29.2 Å². The molecule has 9 heteroatoms. The first-order valence-corrected chi connectivity index (χ1v) is 12.5. The number of nitrogens with zero attached hydrogens (tertiary/aromatic N) is 3. The van der Waals surface area contributed by atoms with Gasteiger partial charge in [0, 0.05) is 22.9 Å². The van der Waals surface area contributed by atoms with Gasteiger partial charge in [0.05, 0.1) is 11.4 Å². The van der Waals surface area contributed by atoms with E-state index in [1.165, 1.54) is 16.2 Å². The topological polar surface area (TPSA) is 57.0 Å². The lowest BCUT2D eigenvalue weighted by atomic mass is 10.0. The highest BCUT2D eigenvalue weighted by Gasteiger charge is 2.50. The number of hydrogen-bond acceptors (Lipinski definition) is 4. The second-order valence-electron chi connectivity index (χ2n) is 8.79. The van der Waals surface area contributed by atoms with Crippen molar-refractivity contribution in [3.63, 3.8) is 0 Å². The number of carbonyl (C=O) groups excluding carboxylic acids is 2. The molecule has 0 atom stereocenters. The van der Waals surface area contributed by atoms with Crippen LogP contribution in [0, 0.1) is 20.4 Å². The fourth-order valence-corrected chi connectivity index (χ4v) is 5.65. The third kappa shape index (κ3) is 4.43. The first-order valence-electron chi connectivity index (χ1n) is 10.8. The molecule has 0 bridgehead atoms. The van der Waals surface area contributed by atoms with Crippen molar-refractivity contribution in [3.05, 3.63) is 85.9 Å². The lowest BCUT2D eigenvalue weighted by Crippen LogP contribution is -2.44. The highest BCUT2D eigenvalue weighted by molar-refractivity contribution is 7.81. The van der Waals surface area contributed by atoms with Gasteiger partial charge in [-0.05, 0) is 92.3 Å². The van der Waals surface area contributed by atoms with Gasteiger partial charge in [-0.25, -0.2) is 4.85 Å². The van der Waals surface area contributed by atoms with Crippen LogP contribution in [0.1, 0.15) is 40.2 Å². The van der Waals surface area contributed by atoms with Crippen molar-refractivity contribution >= 4 is 69.1 Å². The molecule has 6 nitrogen and oxygen atoms in total. The van der Waals surface area contributed by atoms with Gasteiger partial charge in [-0.15, -0.1) is 11.3 Å². The monoisotopic (exact) mass is 522 g/mol. The average molecular weight is 523 g/mol. The lowest BCUT2D eigenvalue weighted by molar-refractivity contribution is -0.120. The Balaban J connectivity index is 1.59. The third-order valence-corrected chi connectivity index (χ3v) is 7.76. The molecule has 0 aliphatic carbocycles. The summed E-state index contributed by atoms with van der Waals surface area (Å²) in [5.74, 6) is -0.309. The van der Waals surface area contributed by atoms with Crippen LogP contribution in [0.4, 0.5) is 17.1 Å². The molecule has 1 aliphatic rings. The number of thiophene rings is 1. The molecule has 178 valence electrons. The molecule has 3 aromatic rings. The maximum atomic E-state index is 13.4. The van der Waals surface area contributed by atoms with Crippen LogP contribution in [0.3, 0.4) is 0 Å². The van der Waals surface area contributed by atoms with E-state index in [0.29, 0.717) is 32.1 Å². The lowest BCUT2D eigenvalue weighted by Gasteiger charge is -2.29. The van der Waals surface area contributed by atoms with E-state index in [9.17, 15) is 9.59 Å². The first kappa shape index (κ1) is 24.9. The number of nitrogens with one attached hydrogen (secondary N) is 1. The summed E-state index contributed by atoms with van der Waals surface area (Å²) in [5, 5.41) is 5.60. The number of anilines is 2. The van der Waals surface area contributed by atoms with E-state index in [-0.39, 0.29) is 18.4 Å². The second kappa shape index (κ2) is 9.42. The number of hydrogen-bond donors (Lipinski definition) is 1. The van der Waals surface area contributed by atoms with Gasteiger partial charge < -0.3 is 10.2 Å². The van der Waals surface area contributed by atoms with Crippen LogP contribution in [0.15, 0.2) is 47.8 Å². The molecule has 2 amide bonds. The Kier molecular flexibility index (Phi) is 6.69. The van der Waals surface area contributed by atoms with Crippen molar-refractivity contribution in [1.82, 2.24) is 5.32 Å². The fraction of sp³-hybridized carbons (Fsp3) is 0.231. The molecule has 0 unspecified atom stereocenters. The van der Waals surface area contributed by atoms with E-state index >= 15 is 0 Å². The molecular weight excluding hydrogens is 500 g/mol. The molecule has 1 N–H and O–H groups in total. The summed E-state index contributed by atoms with van der Waals surface area (Å²) >= 11 is 13.7. The summed E-state index contributed by atoms with van der Waals surface area (Å²) in [6.07, 6.45) is 0. The van der Waals surface area contributed by atoms with Gasteiger partial charge in [0.2, 0.25) is 0 Å². The van der Waals surface area contributed by atoms with E-state index in [2.05, 4.69) is 10.2 Å². The van der Waals surface area contributed by atoms with E-state index in [0.717, 1.165) is 16.7 Å². The SMILES string of the molecule is [C-]#[N+]c1ccc(N2C(=O)C(C)(C)N(c3ccc(CNC(=O)c4sccc4C)c(Cl)c3)C2=S)cc1C. The molecule has 35 heavy (non-hydrogen) atoms. The zero-order valence-electron chi connectivity index (χ0n) is 19.7. The number of rotatable bonds is 5. The van der Waals surface area contributed by atoms with Gasteiger partial charge in [0.25, 0.3) is 11.8 Å². The third-order valence-electron chi connectivity index (χ3n) is 6.03. The largest absolute Gasteiger partial charge is 0.347 e. The number of thiocarbonyl (C=S) groups is 1. The highest BCUT2D eigenvalue weighted by Crippen LogP contribution is 2.38. The van der Waals surface area contributed by atoms with Gasteiger partial charge in [-0.2, -0.15) is 0 Å². The average Bonchev–Trinajstić information content (AvgIpc) is 3.31. The number of carbonyl (C=O) groups is 2. The molecule has 1 fully saturated rings. The number of halogens is 1. The fourth-order valence-electron chi connectivity index (χ4n) is 4.04. The summed E-state index contributed by atoms with van der Waals surface area (Å²) in [6, 6.07) is 12.6. The molecular formula is C26H23ClN4O2S2. The van der Waals surface area contributed by atoms with Crippen molar-refractivity contribution in [2.24, 2.45) is 0 Å². The summed E-state index contributed by atoms with van der Waals surface area (Å²) in [6.45, 7) is 14.9. The predicted octanol–water partition coefficient (Wildman–Crippen LogP) is 6.42. The van der Waals surface area contributed by atoms with Gasteiger partial charge in [-0.1, -0.05) is 23.7 Å². The summed E-state index contributed by atoms with van der Waals surface area (Å²) in [4.78, 5) is 33.3. The van der Waals surface area contributed by atoms with E-state index in [1.807, 2.05) is 51.3 Å². The second-order valence-corrected chi connectivity index (χ2v) is 10.5. The molecule has 2 aromatic carbocycles. The zero-order chi connectivity index (χ0) is 25.5. The van der Waals surface area contributed by atoms with Gasteiger partial charge in [0.15, 0.2) is 10.8 Å². The quantitative estimate of drug-likeness (QED) is 0.310. The maximum Gasteiger partial charge on any atom is 0.261 e. The van der Waals surface area contributed by atoms with Crippen LogP contribution in [0.2, 0.25) is 5.02 Å². The minimum atomic E-state index is -0.945. The molecule has 0 radical (unpaired) electrons. The summed E-state index contributed by atoms with van der Waals surface area (Å²) in [7, 11) is 0. The Bertz CT molecular complexity index is 1410. The molecule has 1 aliphatic heterocycles. The van der Waals surface area contributed by atoms with Crippen molar-refractivity contribution in [3.8, 4) is 0 Å². The smallest absolute Gasteiger partial charge is 0.261 e. The van der Waals surface area contributed by atoms with Crippen molar-refractivity contribution in [2.45, 2.75) is 39.8 Å². The summed E-state index contributed by atoms with van der Waals surface area (Å²) < 4.78 is 0. The zero-order valence-corrected chi connectivity index (χ0v) is 22.1. The van der Waals surface area contributed by atoms with E-state index < -0.39 is 5.54 Å². The van der Waals surface area contributed by atoms with Gasteiger partial charge >= 0.3 is 0 Å². The van der Waals surface area contributed by atoms with Gasteiger partial charge in [0.1, 0.15) is 5.54 Å². The van der Waals surface area contributed by atoms with Gasteiger partial charge in [-0.3, -0.25) is 14.5 Å². The maximum absolute atomic E-state index is 13.4. The molecule has 0 spiro atoms. The Morgan fingerprint density at radius 3 is 2.46 bits per heavy atom. The number of aryl methyl sites for hydroxylation is 2. The van der Waals surface area contributed by atoms with Crippen LogP contribution in [0.25, 0.3) is 4.85 Å². The van der Waals surface area contributed by atoms with Crippen LogP contribution >= 0.6 is 35.2 Å². The number of amides is 2. The Labute approximate surface area is 218 Å². The van der Waals surface area contributed by atoms with Crippen LogP contribution in [0.5, 0.6) is 0 Å². The van der Waals surface area contributed by atoms with Crippen LogP contribution < -0.4 is 15.1 Å². The molecule has 1 saturated heterocycles. The standard InChI is InChI=1S/C26H23ClN4O2S2/c1-15-10-11-35-22(15)23(32)29-14-17-6-7-19(13-20(17)27)31-25(34)30(24(33)26(31,3)4)18-8-9-21(28-5)16(2)12-18/h6-13H,14H2,1-4H3,(H,29,32). The van der Waals surface area contributed by atoms with E-state index in [4.69, 9.17) is 30.4 Å². The van der Waals surface area contributed by atoms with Crippen molar-refractivity contribution in [1.29, 1.82) is 0 Å². The first-order chi connectivity index (χ1) is 16.6. The Morgan fingerprint density at radius 2 is 1.86 bits per heavy atom.